The van der Waals surface area contributed by atoms with Crippen molar-refractivity contribution in [3.05, 3.63) is 87.3 Å². The third-order valence-corrected chi connectivity index (χ3v) is 7.23. The molecule has 0 aliphatic carbocycles. The predicted molar refractivity (Wildman–Crippen MR) is 153 cm³/mol. The number of nitrogens with one attached hydrogen (secondary N) is 1. The first-order valence-electron chi connectivity index (χ1n) is 12.5. The van der Waals surface area contributed by atoms with Crippen LogP contribution in [0.5, 0.6) is 0 Å². The zero-order valence-corrected chi connectivity index (χ0v) is 23.0. The monoisotopic (exact) mass is 553 g/mol. The number of piperazine rings is 1. The molecule has 0 spiro atoms. The molecular formula is C28H32ClN5O3S. The van der Waals surface area contributed by atoms with Gasteiger partial charge in [-0.05, 0) is 23.8 Å². The van der Waals surface area contributed by atoms with E-state index in [0.717, 1.165) is 19.6 Å². The predicted octanol–water partition coefficient (Wildman–Crippen LogP) is 4.95. The molecule has 0 atom stereocenters. The van der Waals surface area contributed by atoms with Crippen molar-refractivity contribution in [3.8, 4) is 0 Å². The SMILES string of the molecule is COCCN(Cc1nc(C(=O)N2CCN(CC=Cc3ccccc3)CC2)cs1)C(=O)Nc1cccc(Cl)c1. The van der Waals surface area contributed by atoms with Gasteiger partial charge in [-0.25, -0.2) is 9.78 Å². The van der Waals surface area contributed by atoms with Crippen LogP contribution in [-0.2, 0) is 11.3 Å². The first kappa shape index (κ1) is 27.8. The highest BCUT2D eigenvalue weighted by Crippen LogP contribution is 2.18. The molecule has 3 amide bonds. The molecule has 4 rings (SSSR count). The van der Waals surface area contributed by atoms with Gasteiger partial charge in [-0.1, -0.05) is 60.2 Å². The second-order valence-corrected chi connectivity index (χ2v) is 10.3. The van der Waals surface area contributed by atoms with E-state index >= 15 is 0 Å². The van der Waals surface area contributed by atoms with Crippen molar-refractivity contribution in [2.45, 2.75) is 6.54 Å². The van der Waals surface area contributed by atoms with Crippen LogP contribution in [0.1, 0.15) is 21.1 Å². The van der Waals surface area contributed by atoms with Crippen LogP contribution in [0.15, 0.2) is 66.1 Å². The van der Waals surface area contributed by atoms with E-state index in [1.165, 1.54) is 16.9 Å². The van der Waals surface area contributed by atoms with Gasteiger partial charge in [0.05, 0.1) is 13.2 Å². The Balaban J connectivity index is 1.29. The van der Waals surface area contributed by atoms with E-state index in [0.29, 0.717) is 47.7 Å². The summed E-state index contributed by atoms with van der Waals surface area (Å²) in [5, 5.41) is 5.86. The van der Waals surface area contributed by atoms with Gasteiger partial charge in [-0.2, -0.15) is 0 Å². The number of amides is 3. The molecule has 8 nitrogen and oxygen atoms in total. The van der Waals surface area contributed by atoms with Crippen LogP contribution in [0.4, 0.5) is 10.5 Å². The number of urea groups is 1. The summed E-state index contributed by atoms with van der Waals surface area (Å²) >= 11 is 7.41. The average molecular weight is 554 g/mol. The number of anilines is 1. The topological polar surface area (TPSA) is 78.0 Å². The van der Waals surface area contributed by atoms with Crippen LogP contribution in [0.3, 0.4) is 0 Å². The fraction of sp³-hybridized carbons (Fsp3) is 0.321. The Kier molecular flexibility index (Phi) is 10.3. The molecule has 3 aromatic rings. The van der Waals surface area contributed by atoms with Gasteiger partial charge in [0.25, 0.3) is 5.91 Å². The van der Waals surface area contributed by atoms with Crippen LogP contribution in [0, 0.1) is 0 Å². The Morgan fingerprint density at radius 1 is 1.13 bits per heavy atom. The van der Waals surface area contributed by atoms with Crippen molar-refractivity contribution in [2.24, 2.45) is 0 Å². The van der Waals surface area contributed by atoms with E-state index in [1.807, 2.05) is 23.1 Å². The Morgan fingerprint density at radius 2 is 1.92 bits per heavy atom. The second-order valence-electron chi connectivity index (χ2n) is 8.89. The lowest BCUT2D eigenvalue weighted by molar-refractivity contribution is 0.0645. The number of halogens is 1. The minimum atomic E-state index is -0.287. The van der Waals surface area contributed by atoms with E-state index in [9.17, 15) is 9.59 Å². The van der Waals surface area contributed by atoms with Gasteiger partial charge in [-0.15, -0.1) is 11.3 Å². The molecule has 1 fully saturated rings. The van der Waals surface area contributed by atoms with E-state index in [1.54, 1.807) is 41.7 Å². The quantitative estimate of drug-likeness (QED) is 0.384. The number of benzene rings is 2. The van der Waals surface area contributed by atoms with Crippen LogP contribution >= 0.6 is 22.9 Å². The molecule has 0 radical (unpaired) electrons. The molecule has 1 saturated heterocycles. The van der Waals surface area contributed by atoms with E-state index in [4.69, 9.17) is 16.3 Å². The van der Waals surface area contributed by atoms with Crippen molar-refractivity contribution >= 4 is 46.6 Å². The molecule has 10 heteroatoms. The van der Waals surface area contributed by atoms with Crippen LogP contribution in [0.2, 0.25) is 5.02 Å². The minimum absolute atomic E-state index is 0.0706. The van der Waals surface area contributed by atoms with E-state index in [2.05, 4.69) is 39.5 Å². The molecule has 0 saturated carbocycles. The van der Waals surface area contributed by atoms with Crippen molar-refractivity contribution < 1.29 is 14.3 Å². The van der Waals surface area contributed by atoms with Crippen LogP contribution in [-0.4, -0.2) is 84.6 Å². The highest BCUT2D eigenvalue weighted by Gasteiger charge is 2.24. The normalized spacial score (nSPS) is 14.1. The zero-order valence-electron chi connectivity index (χ0n) is 21.4. The Labute approximate surface area is 232 Å². The van der Waals surface area contributed by atoms with Gasteiger partial charge in [-0.3, -0.25) is 9.69 Å². The molecule has 1 N–H and O–H groups in total. The number of rotatable bonds is 10. The van der Waals surface area contributed by atoms with Gasteiger partial charge in [0.15, 0.2) is 0 Å². The largest absolute Gasteiger partial charge is 0.383 e. The maximum atomic E-state index is 13.1. The summed E-state index contributed by atoms with van der Waals surface area (Å²) in [5.41, 5.74) is 2.21. The first-order chi connectivity index (χ1) is 18.5. The second kappa shape index (κ2) is 14.1. The summed E-state index contributed by atoms with van der Waals surface area (Å²) in [6.07, 6.45) is 4.29. The summed E-state index contributed by atoms with van der Waals surface area (Å²) in [7, 11) is 1.59. The molecular weight excluding hydrogens is 522 g/mol. The number of nitrogens with zero attached hydrogens (tertiary/aromatic N) is 4. The lowest BCUT2D eigenvalue weighted by atomic mass is 10.2. The number of ether oxygens (including phenoxy) is 1. The number of thiazole rings is 1. The van der Waals surface area contributed by atoms with Gasteiger partial charge in [0, 0.05) is 62.5 Å². The third-order valence-electron chi connectivity index (χ3n) is 6.16. The molecule has 1 aromatic heterocycles. The Bertz CT molecular complexity index is 1230. The zero-order chi connectivity index (χ0) is 26.7. The Hall–Kier alpha value is -3.24. The Morgan fingerprint density at radius 3 is 2.66 bits per heavy atom. The highest BCUT2D eigenvalue weighted by molar-refractivity contribution is 7.09. The van der Waals surface area contributed by atoms with Gasteiger partial charge in [0.2, 0.25) is 0 Å². The molecule has 200 valence electrons. The van der Waals surface area contributed by atoms with Crippen LogP contribution in [0.25, 0.3) is 6.08 Å². The lowest BCUT2D eigenvalue weighted by Gasteiger charge is -2.33. The molecule has 2 heterocycles. The molecule has 0 unspecified atom stereocenters. The summed E-state index contributed by atoms with van der Waals surface area (Å²) in [4.78, 5) is 36.4. The van der Waals surface area contributed by atoms with Crippen molar-refractivity contribution in [1.29, 1.82) is 0 Å². The minimum Gasteiger partial charge on any atom is -0.383 e. The molecule has 2 aromatic carbocycles. The molecule has 1 aliphatic heterocycles. The number of aromatic nitrogens is 1. The maximum absolute atomic E-state index is 13.1. The first-order valence-corrected chi connectivity index (χ1v) is 13.8. The molecule has 0 bridgehead atoms. The third kappa shape index (κ3) is 8.13. The number of methoxy groups -OCH3 is 1. The fourth-order valence-corrected chi connectivity index (χ4v) is 5.04. The molecule has 1 aliphatic rings. The summed E-state index contributed by atoms with van der Waals surface area (Å²) in [6.45, 7) is 4.84. The number of hydrogen-bond donors (Lipinski definition) is 1. The smallest absolute Gasteiger partial charge is 0.322 e. The molecule has 38 heavy (non-hydrogen) atoms. The lowest BCUT2D eigenvalue weighted by Crippen LogP contribution is -2.48. The van der Waals surface area contributed by atoms with Gasteiger partial charge in [0.1, 0.15) is 10.7 Å². The standard InChI is InChI=1S/C28H32ClN5O3S/c1-37-18-17-34(28(36)30-24-11-5-10-23(29)19-24)20-26-31-25(21-38-26)27(35)33-15-13-32(14-16-33)12-6-9-22-7-3-2-4-8-22/h2-11,19,21H,12-18,20H2,1H3,(H,30,36). The van der Waals surface area contributed by atoms with Gasteiger partial charge < -0.3 is 19.9 Å². The van der Waals surface area contributed by atoms with E-state index in [-0.39, 0.29) is 18.5 Å². The summed E-state index contributed by atoms with van der Waals surface area (Å²) in [5.74, 6) is -0.0706. The van der Waals surface area contributed by atoms with Crippen molar-refractivity contribution in [1.82, 2.24) is 19.7 Å². The number of hydrogen-bond acceptors (Lipinski definition) is 6. The van der Waals surface area contributed by atoms with Crippen molar-refractivity contribution in [2.75, 3.05) is 58.3 Å². The maximum Gasteiger partial charge on any atom is 0.322 e. The average Bonchev–Trinajstić information content (AvgIpc) is 3.40. The number of carbonyl (C=O) groups is 2. The van der Waals surface area contributed by atoms with E-state index < -0.39 is 0 Å². The fourth-order valence-electron chi connectivity index (χ4n) is 4.07. The van der Waals surface area contributed by atoms with Crippen LogP contribution < -0.4 is 5.32 Å². The summed E-state index contributed by atoms with van der Waals surface area (Å²) < 4.78 is 5.18. The van der Waals surface area contributed by atoms with Gasteiger partial charge >= 0.3 is 6.03 Å². The number of carbonyl (C=O) groups excluding carboxylic acids is 2. The highest BCUT2D eigenvalue weighted by atomic mass is 35.5. The summed E-state index contributed by atoms with van der Waals surface area (Å²) in [6, 6.07) is 16.9. The van der Waals surface area contributed by atoms with Crippen molar-refractivity contribution in [3.63, 3.8) is 0 Å².